The fourth-order valence-electron chi connectivity index (χ4n) is 3.55. The van der Waals surface area contributed by atoms with Crippen LogP contribution in [-0.4, -0.2) is 28.2 Å². The molecule has 7 nitrogen and oxygen atoms in total. The van der Waals surface area contributed by atoms with Gasteiger partial charge in [-0.15, -0.1) is 0 Å². The second kappa shape index (κ2) is 10.8. The largest absolute Gasteiger partial charge is 0.478 e. The number of rotatable bonds is 6. The Balaban J connectivity index is 0.00000342. The maximum atomic E-state index is 11.5. The Labute approximate surface area is 213 Å². The monoisotopic (exact) mass is 508 g/mol. The minimum Gasteiger partial charge on any atom is -0.478 e. The molecule has 1 aliphatic heterocycles. The number of benzene rings is 2. The van der Waals surface area contributed by atoms with Gasteiger partial charge >= 0.3 is 5.97 Å². The molecular weight excluding hydrogens is 484 g/mol. The number of carboxylic acid groups (broad SMARTS) is 1. The van der Waals surface area contributed by atoms with Crippen LogP contribution >= 0.6 is 23.4 Å². The first-order chi connectivity index (χ1) is 16.2. The molecule has 1 unspecified atom stereocenters. The topological polar surface area (TPSA) is 94.9 Å². The van der Waals surface area contributed by atoms with Crippen LogP contribution in [-0.2, 0) is 4.79 Å². The number of halogens is 1. The van der Waals surface area contributed by atoms with E-state index in [-0.39, 0.29) is 24.1 Å². The number of hydrogen-bond acceptors (Lipinski definition) is 6. The molecule has 180 valence electrons. The molecule has 1 aromatic heterocycles. The molecule has 2 N–H and O–H groups in total. The number of pyridine rings is 1. The van der Waals surface area contributed by atoms with E-state index in [0.717, 1.165) is 22.3 Å². The number of aromatic nitrogens is 1. The zero-order valence-electron chi connectivity index (χ0n) is 18.4. The minimum absolute atomic E-state index is 0. The van der Waals surface area contributed by atoms with E-state index in [1.807, 2.05) is 32.0 Å². The summed E-state index contributed by atoms with van der Waals surface area (Å²) < 4.78 is 0. The molecule has 0 radical (unpaired) electrons. The van der Waals surface area contributed by atoms with E-state index in [0.29, 0.717) is 21.6 Å². The van der Waals surface area contributed by atoms with Crippen molar-refractivity contribution < 1.29 is 14.7 Å². The average Bonchev–Trinajstić information content (AvgIpc) is 2.79. The van der Waals surface area contributed by atoms with Gasteiger partial charge in [0.25, 0.3) is 5.91 Å². The quantitative estimate of drug-likeness (QED) is 0.399. The number of hydrogen-bond donors (Lipinski definition) is 2. The average molecular weight is 509 g/mol. The van der Waals surface area contributed by atoms with Gasteiger partial charge in [-0.3, -0.25) is 4.79 Å². The molecule has 1 aliphatic rings. The van der Waals surface area contributed by atoms with Gasteiger partial charge < -0.3 is 10.4 Å². The molecule has 0 aliphatic carbocycles. The summed E-state index contributed by atoms with van der Waals surface area (Å²) in [5.41, 5.74) is 4.79. The summed E-state index contributed by atoms with van der Waals surface area (Å²) >= 11 is 8.32. The van der Waals surface area contributed by atoms with E-state index in [1.54, 1.807) is 12.1 Å². The van der Waals surface area contributed by atoms with E-state index >= 15 is 0 Å². The number of hydrazone groups is 1. The highest BCUT2D eigenvalue weighted by Crippen LogP contribution is 2.45. The lowest BCUT2D eigenvalue weighted by atomic mass is 9.98. The molecular formula is C26H25ClN4O3S. The number of carbonyl (C=O) groups excluding carboxylic acids is 1. The molecule has 2 heterocycles. The van der Waals surface area contributed by atoms with Crippen LogP contribution in [0.3, 0.4) is 0 Å². The number of anilines is 1. The van der Waals surface area contributed by atoms with Crippen LogP contribution in [0.5, 0.6) is 0 Å². The summed E-state index contributed by atoms with van der Waals surface area (Å²) in [7, 11) is 0. The molecule has 0 saturated carbocycles. The van der Waals surface area contributed by atoms with Crippen molar-refractivity contribution in [3.63, 3.8) is 0 Å². The Kier molecular flexibility index (Phi) is 7.99. The van der Waals surface area contributed by atoms with Crippen LogP contribution in [0.15, 0.2) is 77.3 Å². The first-order valence-corrected chi connectivity index (χ1v) is 11.6. The first kappa shape index (κ1) is 26.0. The van der Waals surface area contributed by atoms with Gasteiger partial charge in [0.15, 0.2) is 0 Å². The number of aryl methyl sites for hydroxylation is 2. The van der Waals surface area contributed by atoms with Crippen molar-refractivity contribution in [2.24, 2.45) is 5.10 Å². The zero-order valence-corrected chi connectivity index (χ0v) is 20.0. The SMILES string of the molecule is C.C=C1NC(=O)C=NN1c1cc(C)c(C(Sc2ccc(C(=O)O)cn2)c2ccc(C)cc2)c(Cl)c1. The van der Waals surface area contributed by atoms with E-state index in [4.69, 9.17) is 11.6 Å². The number of aromatic carboxylic acids is 1. The molecule has 1 amide bonds. The summed E-state index contributed by atoms with van der Waals surface area (Å²) in [5, 5.41) is 18.5. The Morgan fingerprint density at radius 2 is 1.89 bits per heavy atom. The number of amides is 1. The van der Waals surface area contributed by atoms with Gasteiger partial charge in [-0.1, -0.05) is 67.2 Å². The third-order valence-corrected chi connectivity index (χ3v) is 6.78. The molecule has 0 saturated heterocycles. The predicted molar refractivity (Wildman–Crippen MR) is 141 cm³/mol. The maximum absolute atomic E-state index is 11.5. The van der Waals surface area contributed by atoms with Crippen molar-refractivity contribution in [3.8, 4) is 0 Å². The number of carbonyl (C=O) groups is 2. The van der Waals surface area contributed by atoms with Crippen molar-refractivity contribution in [2.45, 2.75) is 31.6 Å². The third-order valence-electron chi connectivity index (χ3n) is 5.24. The maximum Gasteiger partial charge on any atom is 0.337 e. The molecule has 0 fully saturated rings. The van der Waals surface area contributed by atoms with Crippen molar-refractivity contribution >= 4 is 47.1 Å². The smallest absolute Gasteiger partial charge is 0.337 e. The standard InChI is InChI=1S/C25H21ClN4O3S.CH4/c1-14-4-6-17(7-5-14)24(34-22-9-8-18(12-27-22)25(32)33)23-15(2)10-19(11-20(23)26)30-16(3)29-21(31)13-28-30;/h4-13,24H,3H2,1-2H3,(H,29,31)(H,32,33);1H4. The third kappa shape index (κ3) is 5.72. The fourth-order valence-corrected chi connectivity index (χ4v) is 5.21. The molecule has 0 spiro atoms. The Morgan fingerprint density at radius 1 is 1.17 bits per heavy atom. The summed E-state index contributed by atoms with van der Waals surface area (Å²) in [6, 6.07) is 15.1. The number of nitrogens with zero attached hydrogens (tertiary/aromatic N) is 3. The van der Waals surface area contributed by atoms with Gasteiger partial charge in [-0.2, -0.15) is 5.10 Å². The lowest BCUT2D eigenvalue weighted by Gasteiger charge is -2.27. The lowest BCUT2D eigenvalue weighted by Crippen LogP contribution is -2.37. The van der Waals surface area contributed by atoms with Gasteiger partial charge in [0.1, 0.15) is 12.0 Å². The van der Waals surface area contributed by atoms with Crippen LogP contribution < -0.4 is 10.3 Å². The van der Waals surface area contributed by atoms with E-state index < -0.39 is 5.97 Å². The summed E-state index contributed by atoms with van der Waals surface area (Å²) in [5.74, 6) is -1.02. The first-order valence-electron chi connectivity index (χ1n) is 10.3. The Hall–Kier alpha value is -3.62. The van der Waals surface area contributed by atoms with Gasteiger partial charge in [0, 0.05) is 11.2 Å². The van der Waals surface area contributed by atoms with Crippen LogP contribution in [0.2, 0.25) is 5.02 Å². The zero-order chi connectivity index (χ0) is 24.4. The molecule has 2 aromatic carbocycles. The van der Waals surface area contributed by atoms with E-state index in [1.165, 1.54) is 35.2 Å². The highest BCUT2D eigenvalue weighted by Gasteiger charge is 2.24. The van der Waals surface area contributed by atoms with Crippen LogP contribution in [0.25, 0.3) is 0 Å². The Bertz CT molecular complexity index is 1280. The molecule has 35 heavy (non-hydrogen) atoms. The normalized spacial score (nSPS) is 13.7. The number of nitrogens with one attached hydrogen (secondary N) is 1. The van der Waals surface area contributed by atoms with Crippen molar-refractivity contribution in [3.05, 3.63) is 100.0 Å². The van der Waals surface area contributed by atoms with Gasteiger partial charge in [-0.25, -0.2) is 14.8 Å². The Morgan fingerprint density at radius 3 is 2.46 bits per heavy atom. The second-order valence-electron chi connectivity index (χ2n) is 7.75. The highest BCUT2D eigenvalue weighted by atomic mass is 35.5. The molecule has 3 aromatic rings. The van der Waals surface area contributed by atoms with Gasteiger partial charge in [0.05, 0.1) is 21.5 Å². The number of carboxylic acids is 1. The van der Waals surface area contributed by atoms with E-state index in [2.05, 4.69) is 34.1 Å². The van der Waals surface area contributed by atoms with Gasteiger partial charge in [0.2, 0.25) is 0 Å². The van der Waals surface area contributed by atoms with Crippen LogP contribution in [0.1, 0.15) is 45.3 Å². The summed E-state index contributed by atoms with van der Waals surface area (Å²) in [4.78, 5) is 27.1. The number of thioether (sulfide) groups is 1. The molecule has 1 atom stereocenters. The van der Waals surface area contributed by atoms with Crippen molar-refractivity contribution in [1.29, 1.82) is 0 Å². The van der Waals surface area contributed by atoms with Crippen molar-refractivity contribution in [2.75, 3.05) is 5.01 Å². The van der Waals surface area contributed by atoms with E-state index in [9.17, 15) is 14.7 Å². The minimum atomic E-state index is -1.02. The summed E-state index contributed by atoms with van der Waals surface area (Å²) in [6.07, 6.45) is 2.53. The second-order valence-corrected chi connectivity index (χ2v) is 9.28. The van der Waals surface area contributed by atoms with Crippen molar-refractivity contribution in [1.82, 2.24) is 10.3 Å². The lowest BCUT2D eigenvalue weighted by molar-refractivity contribution is -0.114. The van der Waals surface area contributed by atoms with Crippen LogP contribution in [0, 0.1) is 13.8 Å². The van der Waals surface area contributed by atoms with Gasteiger partial charge in [-0.05, 0) is 54.8 Å². The summed E-state index contributed by atoms with van der Waals surface area (Å²) in [6.45, 7) is 7.84. The predicted octanol–water partition coefficient (Wildman–Crippen LogP) is 5.96. The fraction of sp³-hybridized carbons (Fsp3) is 0.154. The molecule has 9 heteroatoms. The molecule has 0 bridgehead atoms. The van der Waals surface area contributed by atoms with Crippen LogP contribution in [0.4, 0.5) is 5.69 Å². The highest BCUT2D eigenvalue weighted by molar-refractivity contribution is 7.99. The molecule has 4 rings (SSSR count).